The molecule has 0 amide bonds. The van der Waals surface area contributed by atoms with Gasteiger partial charge in [0.25, 0.3) is 0 Å². The van der Waals surface area contributed by atoms with Gasteiger partial charge in [-0.3, -0.25) is 0 Å². The van der Waals surface area contributed by atoms with Gasteiger partial charge in [-0.25, -0.2) is 0 Å². The average Bonchev–Trinajstić information content (AvgIpc) is 2.72. The highest BCUT2D eigenvalue weighted by Gasteiger charge is 2.25. The summed E-state index contributed by atoms with van der Waals surface area (Å²) in [5.74, 6) is 0.729. The van der Waals surface area contributed by atoms with Gasteiger partial charge in [-0.2, -0.15) is 0 Å². The molecule has 0 spiro atoms. The maximum atomic E-state index is 5.49. The summed E-state index contributed by atoms with van der Waals surface area (Å²) in [6.07, 6.45) is 2.77. The van der Waals surface area contributed by atoms with Gasteiger partial charge in [0.1, 0.15) is 0 Å². The Labute approximate surface area is 79.8 Å². The molecule has 2 saturated heterocycles. The van der Waals surface area contributed by atoms with E-state index in [9.17, 15) is 0 Å². The predicted octanol–water partition coefficient (Wildman–Crippen LogP) is 0.790. The second kappa shape index (κ2) is 4.40. The van der Waals surface area contributed by atoms with Gasteiger partial charge in [0.05, 0.1) is 12.7 Å². The van der Waals surface area contributed by atoms with E-state index in [-0.39, 0.29) is 0 Å². The first kappa shape index (κ1) is 9.44. The number of ether oxygens (including phenoxy) is 2. The summed E-state index contributed by atoms with van der Waals surface area (Å²) in [5, 5.41) is 3.57. The number of hydrogen-bond acceptors (Lipinski definition) is 3. The van der Waals surface area contributed by atoms with Crippen molar-refractivity contribution in [3.05, 3.63) is 0 Å². The largest absolute Gasteiger partial charge is 0.381 e. The zero-order chi connectivity index (χ0) is 9.10. The van der Waals surface area contributed by atoms with Gasteiger partial charge in [-0.05, 0) is 25.7 Å². The van der Waals surface area contributed by atoms with Crippen LogP contribution in [-0.4, -0.2) is 38.5 Å². The van der Waals surface area contributed by atoms with E-state index in [0.717, 1.165) is 38.7 Å². The van der Waals surface area contributed by atoms with Gasteiger partial charge in [0.15, 0.2) is 0 Å². The van der Waals surface area contributed by atoms with Gasteiger partial charge in [0.2, 0.25) is 0 Å². The molecule has 76 valence electrons. The number of nitrogens with one attached hydrogen (secondary N) is 1. The Kier molecular flexibility index (Phi) is 3.19. The van der Waals surface area contributed by atoms with Crippen LogP contribution in [0.25, 0.3) is 0 Å². The molecule has 3 unspecified atom stereocenters. The summed E-state index contributed by atoms with van der Waals surface area (Å²) in [4.78, 5) is 0. The van der Waals surface area contributed by atoms with Gasteiger partial charge in [-0.1, -0.05) is 0 Å². The first-order chi connectivity index (χ1) is 6.36. The molecule has 2 aliphatic heterocycles. The van der Waals surface area contributed by atoms with Gasteiger partial charge in [-0.15, -0.1) is 0 Å². The van der Waals surface area contributed by atoms with Crippen LogP contribution in [0.1, 0.15) is 19.8 Å². The summed E-state index contributed by atoms with van der Waals surface area (Å²) in [7, 11) is 0. The molecular weight excluding hydrogens is 166 g/mol. The van der Waals surface area contributed by atoms with Crippen molar-refractivity contribution in [3.8, 4) is 0 Å². The molecule has 0 saturated carbocycles. The van der Waals surface area contributed by atoms with Crippen LogP contribution in [0, 0.1) is 5.92 Å². The molecule has 3 atom stereocenters. The monoisotopic (exact) mass is 185 g/mol. The van der Waals surface area contributed by atoms with Crippen molar-refractivity contribution in [2.45, 2.75) is 31.9 Å². The molecule has 2 rings (SSSR count). The maximum Gasteiger partial charge on any atom is 0.0700 e. The van der Waals surface area contributed by atoms with E-state index in [0.29, 0.717) is 12.1 Å². The summed E-state index contributed by atoms with van der Waals surface area (Å²) < 4.78 is 10.8. The molecule has 0 aromatic rings. The molecule has 13 heavy (non-hydrogen) atoms. The first-order valence-corrected chi connectivity index (χ1v) is 5.29. The lowest BCUT2D eigenvalue weighted by Crippen LogP contribution is -2.37. The van der Waals surface area contributed by atoms with Crippen molar-refractivity contribution in [3.63, 3.8) is 0 Å². The minimum Gasteiger partial charge on any atom is -0.381 e. The molecule has 0 aromatic heterocycles. The lowest BCUT2D eigenvalue weighted by molar-refractivity contribution is 0.112. The smallest absolute Gasteiger partial charge is 0.0700 e. The van der Waals surface area contributed by atoms with Crippen LogP contribution in [0.5, 0.6) is 0 Å². The molecule has 1 N–H and O–H groups in total. The Bertz CT molecular complexity index is 157. The fourth-order valence-electron chi connectivity index (χ4n) is 2.06. The third kappa shape index (κ3) is 2.42. The van der Waals surface area contributed by atoms with Crippen molar-refractivity contribution < 1.29 is 9.47 Å². The minimum absolute atomic E-state index is 0.391. The standard InChI is InChI=1S/C10H19NO2/c1-8-10(3-5-13-8)11-6-9-2-4-12-7-9/h8-11H,2-7H2,1H3. The molecule has 3 heteroatoms. The molecule has 2 aliphatic rings. The van der Waals surface area contributed by atoms with Crippen LogP contribution < -0.4 is 5.32 Å². The quantitative estimate of drug-likeness (QED) is 0.705. The maximum absolute atomic E-state index is 5.49. The first-order valence-electron chi connectivity index (χ1n) is 5.29. The normalized spacial score (nSPS) is 39.9. The topological polar surface area (TPSA) is 30.5 Å². The summed E-state index contributed by atoms with van der Waals surface area (Å²) in [6, 6.07) is 0.570. The molecule has 0 bridgehead atoms. The van der Waals surface area contributed by atoms with Crippen LogP contribution in [0.2, 0.25) is 0 Å². The van der Waals surface area contributed by atoms with Crippen molar-refractivity contribution in [2.75, 3.05) is 26.4 Å². The molecule has 3 nitrogen and oxygen atoms in total. The van der Waals surface area contributed by atoms with E-state index in [1.54, 1.807) is 0 Å². The fourth-order valence-corrected chi connectivity index (χ4v) is 2.06. The lowest BCUT2D eigenvalue weighted by Gasteiger charge is -2.18. The predicted molar refractivity (Wildman–Crippen MR) is 50.7 cm³/mol. The van der Waals surface area contributed by atoms with Crippen molar-refractivity contribution in [2.24, 2.45) is 5.92 Å². The summed E-state index contributed by atoms with van der Waals surface area (Å²) in [5.41, 5.74) is 0. The van der Waals surface area contributed by atoms with Crippen molar-refractivity contribution in [1.29, 1.82) is 0 Å². The third-order valence-corrected chi connectivity index (χ3v) is 3.07. The van der Waals surface area contributed by atoms with Gasteiger partial charge in [0, 0.05) is 25.8 Å². The Morgan fingerprint density at radius 1 is 1.31 bits per heavy atom. The van der Waals surface area contributed by atoms with Crippen LogP contribution in [0.4, 0.5) is 0 Å². The van der Waals surface area contributed by atoms with E-state index >= 15 is 0 Å². The zero-order valence-electron chi connectivity index (χ0n) is 8.29. The number of hydrogen-bond donors (Lipinski definition) is 1. The second-order valence-electron chi connectivity index (χ2n) is 4.11. The zero-order valence-corrected chi connectivity index (χ0v) is 8.29. The second-order valence-corrected chi connectivity index (χ2v) is 4.11. The fraction of sp³-hybridized carbons (Fsp3) is 1.00. The molecule has 0 radical (unpaired) electrons. The SMILES string of the molecule is CC1OCCC1NCC1CCOC1. The van der Waals surface area contributed by atoms with Crippen molar-refractivity contribution in [1.82, 2.24) is 5.32 Å². The molecule has 0 aliphatic carbocycles. The van der Waals surface area contributed by atoms with Gasteiger partial charge >= 0.3 is 0 Å². The third-order valence-electron chi connectivity index (χ3n) is 3.07. The van der Waals surface area contributed by atoms with Crippen LogP contribution in [0.3, 0.4) is 0 Å². The van der Waals surface area contributed by atoms with E-state index in [1.807, 2.05) is 0 Å². The van der Waals surface area contributed by atoms with E-state index in [4.69, 9.17) is 9.47 Å². The minimum atomic E-state index is 0.391. The lowest BCUT2D eigenvalue weighted by atomic mass is 10.1. The van der Waals surface area contributed by atoms with E-state index < -0.39 is 0 Å². The van der Waals surface area contributed by atoms with Crippen LogP contribution in [-0.2, 0) is 9.47 Å². The Morgan fingerprint density at radius 2 is 2.23 bits per heavy atom. The summed E-state index contributed by atoms with van der Waals surface area (Å²) >= 11 is 0. The highest BCUT2D eigenvalue weighted by atomic mass is 16.5. The Hall–Kier alpha value is -0.120. The van der Waals surface area contributed by atoms with Crippen LogP contribution in [0.15, 0.2) is 0 Å². The molecule has 2 heterocycles. The number of rotatable bonds is 3. The van der Waals surface area contributed by atoms with Crippen molar-refractivity contribution >= 4 is 0 Å². The summed E-state index contributed by atoms with van der Waals surface area (Å²) in [6.45, 7) is 6.05. The molecular formula is C10H19NO2. The Balaban J connectivity index is 1.66. The van der Waals surface area contributed by atoms with E-state index in [1.165, 1.54) is 6.42 Å². The average molecular weight is 185 g/mol. The highest BCUT2D eigenvalue weighted by Crippen LogP contribution is 2.15. The van der Waals surface area contributed by atoms with Crippen LogP contribution >= 0.6 is 0 Å². The Morgan fingerprint density at radius 3 is 2.85 bits per heavy atom. The highest BCUT2D eigenvalue weighted by molar-refractivity contribution is 4.80. The van der Waals surface area contributed by atoms with Gasteiger partial charge < -0.3 is 14.8 Å². The van der Waals surface area contributed by atoms with E-state index in [2.05, 4.69) is 12.2 Å². The molecule has 2 fully saturated rings. The molecule has 0 aromatic carbocycles.